The van der Waals surface area contributed by atoms with Gasteiger partial charge in [-0.15, -0.1) is 0 Å². The molecule has 1 fully saturated rings. The van der Waals surface area contributed by atoms with Crippen LogP contribution in [0.2, 0.25) is 0 Å². The monoisotopic (exact) mass is 269 g/mol. The Kier molecular flexibility index (Phi) is 6.28. The molecule has 1 heterocycles. The fraction of sp³-hybridized carbons (Fsp3) is 0.857. The van der Waals surface area contributed by atoms with Crippen molar-refractivity contribution in [2.24, 2.45) is 5.92 Å². The first kappa shape index (κ1) is 16.0. The molecule has 1 aliphatic heterocycles. The fourth-order valence-electron chi connectivity index (χ4n) is 2.69. The van der Waals surface area contributed by atoms with Gasteiger partial charge in [0.1, 0.15) is 0 Å². The number of hydrogen-bond donors (Lipinski definition) is 1. The van der Waals surface area contributed by atoms with Gasteiger partial charge in [-0.3, -0.25) is 14.5 Å². The van der Waals surface area contributed by atoms with E-state index in [1.807, 2.05) is 30.8 Å². The van der Waals surface area contributed by atoms with Crippen LogP contribution in [0.4, 0.5) is 0 Å². The third kappa shape index (κ3) is 4.49. The molecule has 1 rings (SSSR count). The van der Waals surface area contributed by atoms with Gasteiger partial charge in [-0.05, 0) is 39.3 Å². The number of likely N-dealkylation sites (tertiary alicyclic amines) is 1. The minimum absolute atomic E-state index is 0.0181. The highest BCUT2D eigenvalue weighted by Crippen LogP contribution is 2.21. The van der Waals surface area contributed by atoms with Gasteiger partial charge in [-0.25, -0.2) is 0 Å². The van der Waals surface area contributed by atoms with Crippen molar-refractivity contribution in [2.75, 3.05) is 34.2 Å². The lowest BCUT2D eigenvalue weighted by Gasteiger charge is -2.35. The fourth-order valence-corrected chi connectivity index (χ4v) is 2.69. The third-order valence-electron chi connectivity index (χ3n) is 3.97. The lowest BCUT2D eigenvalue weighted by Crippen LogP contribution is -2.48. The van der Waals surface area contributed by atoms with Gasteiger partial charge in [0.05, 0.1) is 6.04 Å². The number of likely N-dealkylation sites (N-methyl/N-ethyl adjacent to an activating group) is 1. The zero-order valence-electron chi connectivity index (χ0n) is 12.6. The lowest BCUT2D eigenvalue weighted by atomic mass is 9.92. The zero-order chi connectivity index (χ0) is 14.4. The van der Waals surface area contributed by atoms with Crippen molar-refractivity contribution < 1.29 is 9.59 Å². The summed E-state index contributed by atoms with van der Waals surface area (Å²) in [5, 5.41) is 2.66. The average molecular weight is 269 g/mol. The van der Waals surface area contributed by atoms with Crippen LogP contribution in [0.5, 0.6) is 0 Å². The van der Waals surface area contributed by atoms with E-state index < -0.39 is 0 Å². The molecule has 0 aromatic rings. The number of nitrogens with zero attached hydrogens (tertiary/aromatic N) is 2. The number of rotatable bonds is 5. The predicted molar refractivity (Wildman–Crippen MR) is 75.8 cm³/mol. The van der Waals surface area contributed by atoms with Gasteiger partial charge < -0.3 is 10.2 Å². The summed E-state index contributed by atoms with van der Waals surface area (Å²) in [7, 11) is 5.57. The number of carbonyl (C=O) groups is 2. The molecule has 0 radical (unpaired) electrons. The molecular formula is C14H27N3O2. The molecule has 1 saturated heterocycles. The first-order valence-corrected chi connectivity index (χ1v) is 7.15. The molecule has 19 heavy (non-hydrogen) atoms. The largest absolute Gasteiger partial charge is 0.359 e. The van der Waals surface area contributed by atoms with Gasteiger partial charge in [-0.2, -0.15) is 0 Å². The minimum atomic E-state index is -0.0181. The van der Waals surface area contributed by atoms with Crippen LogP contribution < -0.4 is 5.32 Å². The molecule has 1 N–H and O–H groups in total. The maximum Gasteiger partial charge on any atom is 0.239 e. The van der Waals surface area contributed by atoms with E-state index in [-0.39, 0.29) is 17.9 Å². The van der Waals surface area contributed by atoms with Crippen LogP contribution in [0.15, 0.2) is 0 Å². The van der Waals surface area contributed by atoms with Crippen LogP contribution in [0.3, 0.4) is 0 Å². The van der Waals surface area contributed by atoms with Crippen molar-refractivity contribution >= 4 is 11.8 Å². The number of carbonyl (C=O) groups excluding carboxylic acids is 2. The predicted octanol–water partition coefficient (Wildman–Crippen LogP) is 0.701. The van der Waals surface area contributed by atoms with Gasteiger partial charge in [0.25, 0.3) is 0 Å². The molecule has 0 aromatic heterocycles. The molecule has 0 aromatic carbocycles. The quantitative estimate of drug-likeness (QED) is 0.799. The van der Waals surface area contributed by atoms with Crippen LogP contribution in [0, 0.1) is 5.92 Å². The Morgan fingerprint density at radius 3 is 2.32 bits per heavy atom. The number of piperidine rings is 1. The summed E-state index contributed by atoms with van der Waals surface area (Å²) >= 11 is 0. The number of nitrogens with one attached hydrogen (secondary N) is 1. The van der Waals surface area contributed by atoms with Gasteiger partial charge in [0, 0.05) is 26.6 Å². The van der Waals surface area contributed by atoms with Crippen LogP contribution in [-0.4, -0.2) is 61.9 Å². The first-order valence-electron chi connectivity index (χ1n) is 7.15. The van der Waals surface area contributed by atoms with Crippen molar-refractivity contribution in [3.05, 3.63) is 0 Å². The van der Waals surface area contributed by atoms with Gasteiger partial charge in [0.15, 0.2) is 0 Å². The molecule has 0 spiro atoms. The van der Waals surface area contributed by atoms with Crippen LogP contribution in [0.25, 0.3) is 0 Å². The smallest absolute Gasteiger partial charge is 0.239 e. The highest BCUT2D eigenvalue weighted by Gasteiger charge is 2.28. The molecule has 0 aliphatic carbocycles. The molecule has 5 heteroatoms. The van der Waals surface area contributed by atoms with E-state index in [9.17, 15) is 9.59 Å². The topological polar surface area (TPSA) is 52.7 Å². The van der Waals surface area contributed by atoms with Crippen molar-refractivity contribution in [3.63, 3.8) is 0 Å². The van der Waals surface area contributed by atoms with Crippen LogP contribution in [0.1, 0.15) is 32.6 Å². The van der Waals surface area contributed by atoms with E-state index in [1.54, 1.807) is 7.05 Å². The molecule has 1 atom stereocenters. The van der Waals surface area contributed by atoms with Crippen LogP contribution in [-0.2, 0) is 9.59 Å². The van der Waals surface area contributed by atoms with E-state index in [0.717, 1.165) is 32.4 Å². The second kappa shape index (κ2) is 7.48. The Bertz CT molecular complexity index is 310. The summed E-state index contributed by atoms with van der Waals surface area (Å²) < 4.78 is 0. The maximum absolute atomic E-state index is 12.4. The standard InChI is InChI=1S/C14H27N3O2/c1-5-12(16(3)4)14(19)17-8-6-11(7-9-17)10-13(18)15-2/h11-12H,5-10H2,1-4H3,(H,15,18). The Balaban J connectivity index is 2.45. The van der Waals surface area contributed by atoms with Crippen molar-refractivity contribution in [1.82, 2.24) is 15.1 Å². The maximum atomic E-state index is 12.4. The molecule has 110 valence electrons. The molecule has 5 nitrogen and oxygen atoms in total. The Morgan fingerprint density at radius 2 is 1.89 bits per heavy atom. The summed E-state index contributed by atoms with van der Waals surface area (Å²) in [6.45, 7) is 3.61. The second-order valence-corrected chi connectivity index (χ2v) is 5.53. The summed E-state index contributed by atoms with van der Waals surface area (Å²) in [5.74, 6) is 0.749. The van der Waals surface area contributed by atoms with Crippen molar-refractivity contribution in [3.8, 4) is 0 Å². The highest BCUT2D eigenvalue weighted by molar-refractivity contribution is 5.82. The van der Waals surface area contributed by atoms with E-state index >= 15 is 0 Å². The Hall–Kier alpha value is -1.10. The number of amides is 2. The van der Waals surface area contributed by atoms with E-state index in [0.29, 0.717) is 12.3 Å². The van der Waals surface area contributed by atoms with Gasteiger partial charge >= 0.3 is 0 Å². The van der Waals surface area contributed by atoms with E-state index in [2.05, 4.69) is 5.32 Å². The van der Waals surface area contributed by atoms with Gasteiger partial charge in [-0.1, -0.05) is 6.92 Å². The zero-order valence-corrected chi connectivity index (χ0v) is 12.6. The molecule has 1 aliphatic rings. The second-order valence-electron chi connectivity index (χ2n) is 5.53. The molecule has 0 bridgehead atoms. The van der Waals surface area contributed by atoms with Gasteiger partial charge in [0.2, 0.25) is 11.8 Å². The molecule has 0 saturated carbocycles. The third-order valence-corrected chi connectivity index (χ3v) is 3.97. The van der Waals surface area contributed by atoms with Crippen molar-refractivity contribution in [2.45, 2.75) is 38.6 Å². The van der Waals surface area contributed by atoms with Crippen molar-refractivity contribution in [1.29, 1.82) is 0 Å². The minimum Gasteiger partial charge on any atom is -0.359 e. The summed E-state index contributed by atoms with van der Waals surface area (Å²) in [4.78, 5) is 27.6. The summed E-state index contributed by atoms with van der Waals surface area (Å²) in [6.07, 6.45) is 3.29. The SMILES string of the molecule is CCC(C(=O)N1CCC(CC(=O)NC)CC1)N(C)C. The first-order chi connectivity index (χ1) is 8.99. The number of hydrogen-bond acceptors (Lipinski definition) is 3. The lowest BCUT2D eigenvalue weighted by molar-refractivity contribution is -0.137. The van der Waals surface area contributed by atoms with Crippen LogP contribution >= 0.6 is 0 Å². The van der Waals surface area contributed by atoms with E-state index in [1.165, 1.54) is 0 Å². The normalized spacial score (nSPS) is 18.5. The summed E-state index contributed by atoms with van der Waals surface area (Å²) in [5.41, 5.74) is 0. The Labute approximate surface area is 116 Å². The Morgan fingerprint density at radius 1 is 1.32 bits per heavy atom. The summed E-state index contributed by atoms with van der Waals surface area (Å²) in [6, 6.07) is -0.0181. The molecular weight excluding hydrogens is 242 g/mol. The average Bonchev–Trinajstić information content (AvgIpc) is 2.39. The molecule has 1 unspecified atom stereocenters. The highest BCUT2D eigenvalue weighted by atomic mass is 16.2. The molecule has 2 amide bonds. The van der Waals surface area contributed by atoms with E-state index in [4.69, 9.17) is 0 Å².